The lowest BCUT2D eigenvalue weighted by molar-refractivity contribution is 0.0741. The highest BCUT2D eigenvalue weighted by molar-refractivity contribution is 9.10. The molecule has 0 bridgehead atoms. The van der Waals surface area contributed by atoms with Crippen LogP contribution < -0.4 is 4.90 Å². The SMILES string of the molecule is O=C(c1cc(-c2ccc(Br)cc2)n[nH]1)N1CCN(c2nc3ccc(Cl)cc3s2)CC1. The summed E-state index contributed by atoms with van der Waals surface area (Å²) in [6.45, 7) is 2.77. The van der Waals surface area contributed by atoms with E-state index in [4.69, 9.17) is 16.6 Å². The van der Waals surface area contributed by atoms with E-state index in [9.17, 15) is 4.79 Å². The van der Waals surface area contributed by atoms with Crippen LogP contribution in [-0.4, -0.2) is 52.2 Å². The number of hydrogen-bond acceptors (Lipinski definition) is 5. The minimum Gasteiger partial charge on any atom is -0.345 e. The molecule has 9 heteroatoms. The number of halogens is 2. The molecule has 0 saturated carbocycles. The van der Waals surface area contributed by atoms with Crippen molar-refractivity contribution in [3.8, 4) is 11.3 Å². The molecule has 0 spiro atoms. The zero-order valence-electron chi connectivity index (χ0n) is 15.8. The van der Waals surface area contributed by atoms with Gasteiger partial charge in [0.15, 0.2) is 5.13 Å². The molecule has 1 saturated heterocycles. The number of thiazole rings is 1. The first kappa shape index (κ1) is 19.5. The third-order valence-corrected chi connectivity index (χ3v) is 6.97. The molecule has 1 aliphatic heterocycles. The summed E-state index contributed by atoms with van der Waals surface area (Å²) in [6.07, 6.45) is 0. The number of carbonyl (C=O) groups excluding carboxylic acids is 1. The van der Waals surface area contributed by atoms with Crippen LogP contribution in [0.2, 0.25) is 5.02 Å². The van der Waals surface area contributed by atoms with E-state index in [1.807, 2.05) is 53.4 Å². The van der Waals surface area contributed by atoms with Gasteiger partial charge in [0, 0.05) is 41.2 Å². The highest BCUT2D eigenvalue weighted by Crippen LogP contribution is 2.31. The Bertz CT molecular complexity index is 1210. The lowest BCUT2D eigenvalue weighted by Gasteiger charge is -2.34. The zero-order valence-corrected chi connectivity index (χ0v) is 19.0. The molecule has 0 radical (unpaired) electrons. The Morgan fingerprint density at radius 1 is 1.07 bits per heavy atom. The first-order valence-electron chi connectivity index (χ1n) is 9.48. The maximum atomic E-state index is 12.9. The largest absolute Gasteiger partial charge is 0.345 e. The van der Waals surface area contributed by atoms with Crippen molar-refractivity contribution in [3.63, 3.8) is 0 Å². The van der Waals surface area contributed by atoms with Crippen molar-refractivity contribution in [3.05, 3.63) is 63.7 Å². The molecule has 152 valence electrons. The molecule has 0 aliphatic carbocycles. The number of H-pyrrole nitrogens is 1. The number of amides is 1. The molecule has 0 atom stereocenters. The van der Waals surface area contributed by atoms with Gasteiger partial charge < -0.3 is 9.80 Å². The fourth-order valence-electron chi connectivity index (χ4n) is 3.49. The lowest BCUT2D eigenvalue weighted by Crippen LogP contribution is -2.48. The Labute approximate surface area is 190 Å². The monoisotopic (exact) mass is 501 g/mol. The van der Waals surface area contributed by atoms with Crippen LogP contribution in [0, 0.1) is 0 Å². The van der Waals surface area contributed by atoms with Crippen LogP contribution in [0.15, 0.2) is 53.0 Å². The number of piperazine rings is 1. The number of carbonyl (C=O) groups is 1. The summed E-state index contributed by atoms with van der Waals surface area (Å²) in [5, 5.41) is 8.89. The van der Waals surface area contributed by atoms with Crippen LogP contribution in [0.25, 0.3) is 21.5 Å². The summed E-state index contributed by atoms with van der Waals surface area (Å²) in [5.74, 6) is -0.0263. The summed E-state index contributed by atoms with van der Waals surface area (Å²) in [5.41, 5.74) is 3.19. The molecule has 4 aromatic rings. The van der Waals surface area contributed by atoms with Gasteiger partial charge in [0.05, 0.1) is 15.9 Å². The van der Waals surface area contributed by atoms with E-state index in [1.165, 1.54) is 0 Å². The van der Waals surface area contributed by atoms with Gasteiger partial charge in [-0.2, -0.15) is 5.10 Å². The molecule has 30 heavy (non-hydrogen) atoms. The molecule has 2 aromatic carbocycles. The van der Waals surface area contributed by atoms with E-state index in [0.717, 1.165) is 49.2 Å². The van der Waals surface area contributed by atoms with Crippen molar-refractivity contribution >= 4 is 60.1 Å². The average molecular weight is 503 g/mol. The quantitative estimate of drug-likeness (QED) is 0.425. The minimum atomic E-state index is -0.0263. The zero-order chi connectivity index (χ0) is 20.7. The number of benzene rings is 2. The summed E-state index contributed by atoms with van der Waals surface area (Å²) in [4.78, 5) is 21.7. The molecule has 1 aliphatic rings. The first-order valence-corrected chi connectivity index (χ1v) is 11.5. The van der Waals surface area contributed by atoms with Crippen LogP contribution in [0.4, 0.5) is 5.13 Å². The molecule has 5 rings (SSSR count). The van der Waals surface area contributed by atoms with Crippen molar-refractivity contribution in [1.29, 1.82) is 0 Å². The van der Waals surface area contributed by atoms with Gasteiger partial charge in [-0.25, -0.2) is 4.98 Å². The van der Waals surface area contributed by atoms with Gasteiger partial charge >= 0.3 is 0 Å². The Hall–Kier alpha value is -2.42. The highest BCUT2D eigenvalue weighted by atomic mass is 79.9. The van der Waals surface area contributed by atoms with Gasteiger partial charge in [0.1, 0.15) is 5.69 Å². The Morgan fingerprint density at radius 3 is 2.60 bits per heavy atom. The summed E-state index contributed by atoms with van der Waals surface area (Å²) in [7, 11) is 0. The number of hydrogen-bond donors (Lipinski definition) is 1. The average Bonchev–Trinajstić information content (AvgIpc) is 3.41. The van der Waals surface area contributed by atoms with Crippen molar-refractivity contribution < 1.29 is 4.79 Å². The van der Waals surface area contributed by atoms with E-state index >= 15 is 0 Å². The second-order valence-corrected chi connectivity index (χ2v) is 9.42. The number of anilines is 1. The standard InChI is InChI=1S/C21H17BrClN5OS/c22-14-3-1-13(2-4-14)17-12-18(26-25-17)20(29)27-7-9-28(10-8-27)21-24-16-6-5-15(23)11-19(16)30-21/h1-6,11-12H,7-10H2,(H,25,26). The van der Waals surface area contributed by atoms with Crippen LogP contribution in [0.5, 0.6) is 0 Å². The maximum absolute atomic E-state index is 12.9. The van der Waals surface area contributed by atoms with E-state index in [-0.39, 0.29) is 5.91 Å². The summed E-state index contributed by atoms with van der Waals surface area (Å²) < 4.78 is 2.08. The van der Waals surface area contributed by atoms with E-state index in [2.05, 4.69) is 31.0 Å². The molecule has 0 unspecified atom stereocenters. The van der Waals surface area contributed by atoms with Gasteiger partial charge in [0.25, 0.3) is 5.91 Å². The Morgan fingerprint density at radius 2 is 1.83 bits per heavy atom. The second-order valence-electron chi connectivity index (χ2n) is 7.06. The van der Waals surface area contributed by atoms with E-state index in [0.29, 0.717) is 18.8 Å². The predicted molar refractivity (Wildman–Crippen MR) is 124 cm³/mol. The summed E-state index contributed by atoms with van der Waals surface area (Å²) >= 11 is 11.1. The fourth-order valence-corrected chi connectivity index (χ4v) is 5.05. The van der Waals surface area contributed by atoms with Crippen molar-refractivity contribution in [2.45, 2.75) is 0 Å². The van der Waals surface area contributed by atoms with Crippen molar-refractivity contribution in [1.82, 2.24) is 20.1 Å². The number of nitrogens with zero attached hydrogens (tertiary/aromatic N) is 4. The Balaban J connectivity index is 1.26. The van der Waals surface area contributed by atoms with Crippen LogP contribution in [0.3, 0.4) is 0 Å². The van der Waals surface area contributed by atoms with Crippen LogP contribution >= 0.6 is 38.9 Å². The van der Waals surface area contributed by atoms with Gasteiger partial charge in [-0.3, -0.25) is 9.89 Å². The fraction of sp³-hybridized carbons (Fsp3) is 0.190. The molecule has 2 aromatic heterocycles. The van der Waals surface area contributed by atoms with E-state index < -0.39 is 0 Å². The third-order valence-electron chi connectivity index (χ3n) is 5.12. The molecule has 3 heterocycles. The second kappa shape index (κ2) is 8.02. The number of fused-ring (bicyclic) bond motifs is 1. The van der Waals surface area contributed by atoms with Gasteiger partial charge in [-0.15, -0.1) is 0 Å². The predicted octanol–water partition coefficient (Wildman–Crippen LogP) is 5.06. The molecular weight excluding hydrogens is 486 g/mol. The summed E-state index contributed by atoms with van der Waals surface area (Å²) in [6, 6.07) is 15.4. The highest BCUT2D eigenvalue weighted by Gasteiger charge is 2.25. The van der Waals surface area contributed by atoms with Gasteiger partial charge in [-0.1, -0.05) is 51.0 Å². The van der Waals surface area contributed by atoms with Gasteiger partial charge in [0.2, 0.25) is 0 Å². The van der Waals surface area contributed by atoms with Gasteiger partial charge in [-0.05, 0) is 36.4 Å². The number of aromatic amines is 1. The number of nitrogens with one attached hydrogen (secondary N) is 1. The minimum absolute atomic E-state index is 0.0263. The normalized spacial score (nSPS) is 14.5. The molecule has 1 N–H and O–H groups in total. The lowest BCUT2D eigenvalue weighted by atomic mass is 10.1. The third kappa shape index (κ3) is 3.82. The topological polar surface area (TPSA) is 65.1 Å². The number of aromatic nitrogens is 3. The first-order chi connectivity index (χ1) is 14.6. The smallest absolute Gasteiger partial charge is 0.272 e. The van der Waals surface area contributed by atoms with Crippen molar-refractivity contribution in [2.24, 2.45) is 0 Å². The molecule has 1 amide bonds. The van der Waals surface area contributed by atoms with Crippen LogP contribution in [0.1, 0.15) is 10.5 Å². The number of rotatable bonds is 3. The molecule has 6 nitrogen and oxygen atoms in total. The molecular formula is C21H17BrClN5OS. The molecule has 1 fully saturated rings. The van der Waals surface area contributed by atoms with Crippen LogP contribution in [-0.2, 0) is 0 Å². The maximum Gasteiger partial charge on any atom is 0.272 e. The van der Waals surface area contributed by atoms with Crippen molar-refractivity contribution in [2.75, 3.05) is 31.1 Å². The Kier molecular flexibility index (Phi) is 5.22. The van der Waals surface area contributed by atoms with E-state index in [1.54, 1.807) is 11.3 Å².